The summed E-state index contributed by atoms with van der Waals surface area (Å²) < 4.78 is 0. The highest BCUT2D eigenvalue weighted by Gasteiger charge is 2.48. The predicted octanol–water partition coefficient (Wildman–Crippen LogP) is 3.05. The fourth-order valence-electron chi connectivity index (χ4n) is 3.09. The van der Waals surface area contributed by atoms with Crippen LogP contribution in [0.4, 0.5) is 0 Å². The van der Waals surface area contributed by atoms with E-state index >= 15 is 0 Å². The van der Waals surface area contributed by atoms with Crippen LogP contribution in [0.15, 0.2) is 4.99 Å². The van der Waals surface area contributed by atoms with E-state index in [9.17, 15) is 0 Å². The lowest BCUT2D eigenvalue weighted by Gasteiger charge is -2.41. The minimum Gasteiger partial charge on any atom is -0.370 e. The van der Waals surface area contributed by atoms with Crippen molar-refractivity contribution in [3.8, 4) is 0 Å². The second kappa shape index (κ2) is 6.44. The van der Waals surface area contributed by atoms with Gasteiger partial charge in [-0.25, -0.2) is 0 Å². The summed E-state index contributed by atoms with van der Waals surface area (Å²) in [5.74, 6) is 1.63. The lowest BCUT2D eigenvalue weighted by molar-refractivity contribution is 0.113. The molecule has 2 saturated carbocycles. The van der Waals surface area contributed by atoms with Crippen molar-refractivity contribution in [2.75, 3.05) is 13.1 Å². The summed E-state index contributed by atoms with van der Waals surface area (Å²) in [5, 5.41) is 3.25. The highest BCUT2D eigenvalue weighted by atomic mass is 15.1. The third kappa shape index (κ3) is 3.63. The Hall–Kier alpha value is -0.730. The fraction of sp³-hybridized carbons (Fsp3) is 0.933. The topological polar surface area (TPSA) is 50.4 Å². The van der Waals surface area contributed by atoms with E-state index in [1.165, 1.54) is 57.8 Å². The van der Waals surface area contributed by atoms with Crippen LogP contribution >= 0.6 is 0 Å². The van der Waals surface area contributed by atoms with E-state index < -0.39 is 0 Å². The molecule has 0 amide bonds. The normalized spacial score (nSPS) is 22.6. The first-order valence-corrected chi connectivity index (χ1v) is 7.81. The minimum absolute atomic E-state index is 0.550. The Labute approximate surface area is 112 Å². The summed E-state index contributed by atoms with van der Waals surface area (Å²) in [4.78, 5) is 4.58. The molecule has 0 aliphatic heterocycles. The van der Waals surface area contributed by atoms with Gasteiger partial charge in [0.15, 0.2) is 5.96 Å². The molecule has 2 rings (SSSR count). The molecule has 3 heteroatoms. The number of hydrogen-bond donors (Lipinski definition) is 2. The lowest BCUT2D eigenvalue weighted by atomic mass is 9.65. The molecule has 2 aliphatic rings. The molecular formula is C15H29N3. The number of nitrogens with one attached hydrogen (secondary N) is 1. The summed E-state index contributed by atoms with van der Waals surface area (Å²) in [6.07, 6.45) is 12.1. The fourth-order valence-corrected chi connectivity index (χ4v) is 3.09. The number of aliphatic imine (C=N–C) groups is 1. The van der Waals surface area contributed by atoms with Crippen molar-refractivity contribution in [3.05, 3.63) is 0 Å². The number of rotatable bonds is 8. The van der Waals surface area contributed by atoms with E-state index in [4.69, 9.17) is 5.73 Å². The molecule has 0 bridgehead atoms. The molecule has 0 atom stereocenters. The average Bonchev–Trinajstić information content (AvgIpc) is 3.12. The predicted molar refractivity (Wildman–Crippen MR) is 77.6 cm³/mol. The molecule has 0 heterocycles. The van der Waals surface area contributed by atoms with Crippen LogP contribution < -0.4 is 11.1 Å². The van der Waals surface area contributed by atoms with Gasteiger partial charge in [-0.2, -0.15) is 0 Å². The average molecular weight is 251 g/mol. The molecule has 0 aromatic heterocycles. The lowest BCUT2D eigenvalue weighted by Crippen LogP contribution is -2.38. The van der Waals surface area contributed by atoms with Crippen molar-refractivity contribution in [3.63, 3.8) is 0 Å². The van der Waals surface area contributed by atoms with Gasteiger partial charge in [0.2, 0.25) is 0 Å². The third-order valence-electron chi connectivity index (χ3n) is 4.69. The summed E-state index contributed by atoms with van der Waals surface area (Å²) in [6.45, 7) is 4.18. The van der Waals surface area contributed by atoms with E-state index in [2.05, 4.69) is 17.2 Å². The van der Waals surface area contributed by atoms with Crippen LogP contribution in [0.1, 0.15) is 64.7 Å². The molecule has 18 heavy (non-hydrogen) atoms. The molecule has 0 saturated heterocycles. The smallest absolute Gasteiger partial charge is 0.188 e. The van der Waals surface area contributed by atoms with Crippen LogP contribution in [-0.4, -0.2) is 19.0 Å². The molecule has 0 unspecified atom stereocenters. The SMILES string of the molecule is CCCCCCNC(N)=NCC1(C2CC2)CCC1. The molecule has 2 aliphatic carbocycles. The van der Waals surface area contributed by atoms with E-state index in [1.54, 1.807) is 0 Å². The van der Waals surface area contributed by atoms with Crippen molar-refractivity contribution >= 4 is 5.96 Å². The monoisotopic (exact) mass is 251 g/mol. The van der Waals surface area contributed by atoms with Crippen molar-refractivity contribution < 1.29 is 0 Å². The van der Waals surface area contributed by atoms with Crippen LogP contribution in [0.5, 0.6) is 0 Å². The Morgan fingerprint density at radius 2 is 2.06 bits per heavy atom. The van der Waals surface area contributed by atoms with Gasteiger partial charge in [-0.3, -0.25) is 4.99 Å². The Balaban J connectivity index is 1.62. The molecule has 0 radical (unpaired) electrons. The van der Waals surface area contributed by atoms with Gasteiger partial charge in [-0.1, -0.05) is 32.6 Å². The second-order valence-electron chi connectivity index (χ2n) is 6.18. The number of nitrogens with zero attached hydrogens (tertiary/aromatic N) is 1. The standard InChI is InChI=1S/C15H29N3/c1-2-3-4-5-11-17-14(16)18-12-15(9-6-10-15)13-7-8-13/h13H,2-12H2,1H3,(H3,16,17,18). The molecule has 0 spiro atoms. The Morgan fingerprint density at radius 3 is 2.61 bits per heavy atom. The van der Waals surface area contributed by atoms with Gasteiger partial charge in [0.25, 0.3) is 0 Å². The molecular weight excluding hydrogens is 222 g/mol. The quantitative estimate of drug-likeness (QED) is 0.396. The van der Waals surface area contributed by atoms with Crippen LogP contribution in [0.2, 0.25) is 0 Å². The molecule has 2 fully saturated rings. The van der Waals surface area contributed by atoms with E-state index in [0.29, 0.717) is 11.4 Å². The zero-order chi connectivity index (χ0) is 12.8. The van der Waals surface area contributed by atoms with Gasteiger partial charge in [-0.15, -0.1) is 0 Å². The highest BCUT2D eigenvalue weighted by molar-refractivity contribution is 5.77. The Bertz CT molecular complexity index is 277. The first-order chi connectivity index (χ1) is 8.77. The highest BCUT2D eigenvalue weighted by Crippen LogP contribution is 2.57. The number of nitrogens with two attached hydrogens (primary N) is 1. The molecule has 0 aromatic carbocycles. The minimum atomic E-state index is 0.550. The van der Waals surface area contributed by atoms with Crippen LogP contribution in [0, 0.1) is 11.3 Å². The van der Waals surface area contributed by atoms with Gasteiger partial charge >= 0.3 is 0 Å². The van der Waals surface area contributed by atoms with Gasteiger partial charge in [-0.05, 0) is 43.4 Å². The number of unbranched alkanes of at least 4 members (excludes halogenated alkanes) is 3. The maximum absolute atomic E-state index is 5.93. The van der Waals surface area contributed by atoms with E-state index in [1.807, 2.05) is 0 Å². The summed E-state index contributed by atoms with van der Waals surface area (Å²) in [5.41, 5.74) is 6.48. The summed E-state index contributed by atoms with van der Waals surface area (Å²) >= 11 is 0. The number of guanidine groups is 1. The van der Waals surface area contributed by atoms with Crippen LogP contribution in [0.3, 0.4) is 0 Å². The third-order valence-corrected chi connectivity index (χ3v) is 4.69. The second-order valence-corrected chi connectivity index (χ2v) is 6.18. The Kier molecular flexibility index (Phi) is 4.90. The van der Waals surface area contributed by atoms with Crippen molar-refractivity contribution in [2.45, 2.75) is 64.7 Å². The zero-order valence-electron chi connectivity index (χ0n) is 11.9. The largest absolute Gasteiger partial charge is 0.370 e. The van der Waals surface area contributed by atoms with Crippen LogP contribution in [0.25, 0.3) is 0 Å². The van der Waals surface area contributed by atoms with Gasteiger partial charge in [0.1, 0.15) is 0 Å². The first kappa shape index (κ1) is 13.7. The van der Waals surface area contributed by atoms with Gasteiger partial charge in [0, 0.05) is 13.1 Å². The van der Waals surface area contributed by atoms with Gasteiger partial charge < -0.3 is 11.1 Å². The maximum Gasteiger partial charge on any atom is 0.188 e. The molecule has 3 nitrogen and oxygen atoms in total. The first-order valence-electron chi connectivity index (χ1n) is 7.81. The maximum atomic E-state index is 5.93. The van der Waals surface area contributed by atoms with E-state index in [-0.39, 0.29) is 0 Å². The van der Waals surface area contributed by atoms with Gasteiger partial charge in [0.05, 0.1) is 0 Å². The molecule has 0 aromatic rings. The molecule has 3 N–H and O–H groups in total. The number of hydrogen-bond acceptors (Lipinski definition) is 1. The Morgan fingerprint density at radius 1 is 1.28 bits per heavy atom. The van der Waals surface area contributed by atoms with Crippen molar-refractivity contribution in [2.24, 2.45) is 22.1 Å². The molecule has 104 valence electrons. The zero-order valence-corrected chi connectivity index (χ0v) is 11.9. The van der Waals surface area contributed by atoms with Crippen molar-refractivity contribution in [1.82, 2.24) is 5.32 Å². The van der Waals surface area contributed by atoms with E-state index in [0.717, 1.165) is 19.0 Å². The summed E-state index contributed by atoms with van der Waals surface area (Å²) in [7, 11) is 0. The van der Waals surface area contributed by atoms with Crippen LogP contribution in [-0.2, 0) is 0 Å². The van der Waals surface area contributed by atoms with Crippen molar-refractivity contribution in [1.29, 1.82) is 0 Å². The summed E-state index contributed by atoms with van der Waals surface area (Å²) in [6, 6.07) is 0.